The lowest BCUT2D eigenvalue weighted by atomic mass is 10.0. The number of halogens is 1. The minimum Gasteiger partial charge on any atom is -0.369 e. The predicted molar refractivity (Wildman–Crippen MR) is 116 cm³/mol. The second kappa shape index (κ2) is 9.85. The van der Waals surface area contributed by atoms with Crippen molar-refractivity contribution in [2.24, 2.45) is 0 Å². The van der Waals surface area contributed by atoms with Crippen LogP contribution in [-0.4, -0.2) is 50.6 Å². The fourth-order valence-electron chi connectivity index (χ4n) is 3.76. The van der Waals surface area contributed by atoms with E-state index in [2.05, 4.69) is 34.3 Å². The van der Waals surface area contributed by atoms with Gasteiger partial charge in [-0.15, -0.1) is 0 Å². The number of likely N-dealkylation sites (N-methyl/N-ethyl adjacent to an activating group) is 1. The lowest BCUT2D eigenvalue weighted by Crippen LogP contribution is -2.46. The number of carbonyl (C=O) groups is 1. The number of hydrogen-bond donors (Lipinski definition) is 2. The molecule has 156 valence electrons. The maximum atomic E-state index is 14.0. The van der Waals surface area contributed by atoms with Crippen LogP contribution >= 0.6 is 0 Å². The molecule has 2 N–H and O–H groups in total. The number of hydrogen-bond acceptors (Lipinski definition) is 4. The van der Waals surface area contributed by atoms with Crippen molar-refractivity contribution in [1.29, 1.82) is 0 Å². The van der Waals surface area contributed by atoms with Crippen molar-refractivity contribution >= 4 is 11.6 Å². The van der Waals surface area contributed by atoms with Crippen LogP contribution in [0.5, 0.6) is 0 Å². The molecule has 5 nitrogen and oxygen atoms in total. The van der Waals surface area contributed by atoms with Gasteiger partial charge in [-0.2, -0.15) is 0 Å². The molecule has 0 bridgehead atoms. The topological polar surface area (TPSA) is 47.6 Å². The van der Waals surface area contributed by atoms with E-state index >= 15 is 0 Å². The summed E-state index contributed by atoms with van der Waals surface area (Å²) in [6.07, 6.45) is 0. The average molecular weight is 399 g/mol. The molecule has 1 saturated heterocycles. The Hall–Kier alpha value is -2.44. The largest absolute Gasteiger partial charge is 0.369 e. The smallest absolute Gasteiger partial charge is 0.251 e. The summed E-state index contributed by atoms with van der Waals surface area (Å²) >= 11 is 0. The molecule has 1 aliphatic heterocycles. The van der Waals surface area contributed by atoms with E-state index in [9.17, 15) is 9.18 Å². The minimum atomic E-state index is -0.209. The van der Waals surface area contributed by atoms with Crippen molar-refractivity contribution in [3.63, 3.8) is 0 Å². The van der Waals surface area contributed by atoms with Gasteiger partial charge in [0.1, 0.15) is 5.82 Å². The molecule has 1 amide bonds. The second-order valence-electron chi connectivity index (χ2n) is 7.50. The summed E-state index contributed by atoms with van der Waals surface area (Å²) in [5, 5.41) is 6.12. The zero-order valence-corrected chi connectivity index (χ0v) is 17.5. The van der Waals surface area contributed by atoms with Gasteiger partial charge in [0.05, 0.1) is 0 Å². The van der Waals surface area contributed by atoms with Gasteiger partial charge >= 0.3 is 0 Å². The lowest BCUT2D eigenvalue weighted by molar-refractivity contribution is 0.0963. The summed E-state index contributed by atoms with van der Waals surface area (Å²) in [6, 6.07) is 12.6. The highest BCUT2D eigenvalue weighted by Crippen LogP contribution is 2.28. The fourth-order valence-corrected chi connectivity index (χ4v) is 3.76. The predicted octanol–water partition coefficient (Wildman–Crippen LogP) is 3.18. The highest BCUT2D eigenvalue weighted by atomic mass is 19.1. The van der Waals surface area contributed by atoms with Gasteiger partial charge in [0.25, 0.3) is 5.91 Å². The Kier molecular flexibility index (Phi) is 7.23. The number of benzene rings is 2. The Morgan fingerprint density at radius 1 is 1.10 bits per heavy atom. The zero-order chi connectivity index (χ0) is 20.8. The van der Waals surface area contributed by atoms with Crippen LogP contribution in [-0.2, 0) is 6.54 Å². The van der Waals surface area contributed by atoms with Crippen LogP contribution in [0.15, 0.2) is 42.5 Å². The second-order valence-corrected chi connectivity index (χ2v) is 7.50. The third kappa shape index (κ3) is 5.34. The van der Waals surface area contributed by atoms with Crippen LogP contribution in [0.3, 0.4) is 0 Å². The van der Waals surface area contributed by atoms with Gasteiger partial charge in [0, 0.05) is 57.1 Å². The first-order valence-corrected chi connectivity index (χ1v) is 10.3. The van der Waals surface area contributed by atoms with Crippen molar-refractivity contribution in [3.05, 3.63) is 65.0 Å². The molecule has 2 aromatic carbocycles. The van der Waals surface area contributed by atoms with E-state index in [1.54, 1.807) is 19.2 Å². The third-order valence-corrected chi connectivity index (χ3v) is 5.67. The van der Waals surface area contributed by atoms with Gasteiger partial charge in [-0.1, -0.05) is 19.1 Å². The van der Waals surface area contributed by atoms with E-state index < -0.39 is 0 Å². The Balaban J connectivity index is 1.68. The number of nitrogens with zero attached hydrogens (tertiary/aromatic N) is 2. The average Bonchev–Trinajstić information content (AvgIpc) is 2.77. The highest BCUT2D eigenvalue weighted by molar-refractivity contribution is 5.93. The van der Waals surface area contributed by atoms with Gasteiger partial charge in [-0.3, -0.25) is 4.79 Å². The van der Waals surface area contributed by atoms with Crippen LogP contribution in [0, 0.1) is 5.82 Å². The first kappa shape index (κ1) is 21.3. The van der Waals surface area contributed by atoms with E-state index in [1.807, 2.05) is 30.3 Å². The van der Waals surface area contributed by atoms with Crippen LogP contribution in [0.1, 0.15) is 41.4 Å². The molecule has 29 heavy (non-hydrogen) atoms. The normalized spacial score (nSPS) is 15.9. The standard InChI is InChI=1S/C23H31FN4O/c1-4-27-11-13-28(14-12-27)22-10-9-20(24)15-21(22)17(2)26-16-18-5-7-19(8-6-18)23(29)25-3/h5-10,15,17,26H,4,11-14,16H2,1-3H3,(H,25,29). The van der Waals surface area contributed by atoms with Crippen LogP contribution in [0.25, 0.3) is 0 Å². The SMILES string of the molecule is CCN1CCN(c2ccc(F)cc2C(C)NCc2ccc(C(=O)NC)cc2)CC1. The van der Waals surface area contributed by atoms with Crippen LogP contribution in [0.2, 0.25) is 0 Å². The number of carbonyl (C=O) groups excluding carboxylic acids is 1. The number of piperazine rings is 1. The van der Waals surface area contributed by atoms with Gasteiger partial charge < -0.3 is 20.4 Å². The molecule has 0 spiro atoms. The van der Waals surface area contributed by atoms with Gasteiger partial charge in [0.15, 0.2) is 0 Å². The molecule has 1 heterocycles. The molecule has 1 atom stereocenters. The molecule has 6 heteroatoms. The Bertz CT molecular complexity index is 816. The summed E-state index contributed by atoms with van der Waals surface area (Å²) < 4.78 is 14.0. The van der Waals surface area contributed by atoms with Gasteiger partial charge in [0.2, 0.25) is 0 Å². The third-order valence-electron chi connectivity index (χ3n) is 5.67. The van der Waals surface area contributed by atoms with E-state index in [-0.39, 0.29) is 17.8 Å². The summed E-state index contributed by atoms with van der Waals surface area (Å²) in [5.41, 5.74) is 3.82. The summed E-state index contributed by atoms with van der Waals surface area (Å²) in [4.78, 5) is 16.5. The molecule has 0 aliphatic carbocycles. The molecule has 2 aromatic rings. The van der Waals surface area contributed by atoms with Crippen molar-refractivity contribution < 1.29 is 9.18 Å². The Labute approximate surface area is 172 Å². The molecule has 1 fully saturated rings. The number of nitrogens with one attached hydrogen (secondary N) is 2. The molecule has 0 aromatic heterocycles. The van der Waals surface area contributed by atoms with Crippen molar-refractivity contribution in [2.45, 2.75) is 26.4 Å². The molecule has 1 unspecified atom stereocenters. The quantitative estimate of drug-likeness (QED) is 0.752. The van der Waals surface area contributed by atoms with Gasteiger partial charge in [-0.05, 0) is 54.9 Å². The first-order valence-electron chi connectivity index (χ1n) is 10.3. The first-order chi connectivity index (χ1) is 14.0. The minimum absolute atomic E-state index is 0.00326. The molecule has 3 rings (SSSR count). The maximum absolute atomic E-state index is 14.0. The molecular weight excluding hydrogens is 367 g/mol. The van der Waals surface area contributed by atoms with E-state index in [4.69, 9.17) is 0 Å². The van der Waals surface area contributed by atoms with Crippen LogP contribution < -0.4 is 15.5 Å². The fraction of sp³-hybridized carbons (Fsp3) is 0.435. The van der Waals surface area contributed by atoms with Crippen molar-refractivity contribution in [3.8, 4) is 0 Å². The van der Waals surface area contributed by atoms with Crippen molar-refractivity contribution in [2.75, 3.05) is 44.7 Å². The Morgan fingerprint density at radius 3 is 2.41 bits per heavy atom. The van der Waals surface area contributed by atoms with E-state index in [0.717, 1.165) is 49.5 Å². The number of anilines is 1. The lowest BCUT2D eigenvalue weighted by Gasteiger charge is -2.37. The maximum Gasteiger partial charge on any atom is 0.251 e. The van der Waals surface area contributed by atoms with Crippen LogP contribution in [0.4, 0.5) is 10.1 Å². The van der Waals surface area contributed by atoms with E-state index in [0.29, 0.717) is 12.1 Å². The number of rotatable bonds is 7. The Morgan fingerprint density at radius 2 is 1.79 bits per heavy atom. The summed E-state index contributed by atoms with van der Waals surface area (Å²) in [7, 11) is 1.62. The zero-order valence-electron chi connectivity index (χ0n) is 17.5. The monoisotopic (exact) mass is 398 g/mol. The highest BCUT2D eigenvalue weighted by Gasteiger charge is 2.21. The number of amides is 1. The molecular formula is C23H31FN4O. The summed E-state index contributed by atoms with van der Waals surface area (Å²) in [5.74, 6) is -0.301. The molecule has 0 saturated carbocycles. The molecule has 1 aliphatic rings. The van der Waals surface area contributed by atoms with Gasteiger partial charge in [-0.25, -0.2) is 4.39 Å². The van der Waals surface area contributed by atoms with Crippen molar-refractivity contribution in [1.82, 2.24) is 15.5 Å². The van der Waals surface area contributed by atoms with E-state index in [1.165, 1.54) is 0 Å². The summed E-state index contributed by atoms with van der Waals surface area (Å²) in [6.45, 7) is 9.96. The molecule has 0 radical (unpaired) electrons.